The van der Waals surface area contributed by atoms with Gasteiger partial charge >= 0.3 is 5.97 Å². The van der Waals surface area contributed by atoms with E-state index in [1.165, 1.54) is 6.92 Å². The Hall–Kier alpha value is -3.99. The van der Waals surface area contributed by atoms with E-state index in [2.05, 4.69) is 20.9 Å². The maximum Gasteiger partial charge on any atom is 0.326 e. The number of rotatable bonds is 18. The maximum atomic E-state index is 13.0. The number of amides is 5. The number of carboxylic acid groups (broad SMARTS) is 1. The Morgan fingerprint density at radius 2 is 1.19 bits per heavy atom. The number of primary amides is 2. The van der Waals surface area contributed by atoms with E-state index < -0.39 is 65.8 Å². The summed E-state index contributed by atoms with van der Waals surface area (Å²) in [7, 11) is 0. The number of carboxylic acids is 1. The zero-order valence-corrected chi connectivity index (χ0v) is 20.5. The molecule has 0 aromatic heterocycles. The van der Waals surface area contributed by atoms with Crippen LogP contribution in [0.3, 0.4) is 0 Å². The van der Waals surface area contributed by atoms with Crippen molar-refractivity contribution in [3.8, 4) is 0 Å². The molecule has 17 nitrogen and oxygen atoms in total. The Kier molecular flexibility index (Phi) is 14.8. The second kappa shape index (κ2) is 16.6. The predicted molar refractivity (Wildman–Crippen MR) is 130 cm³/mol. The van der Waals surface area contributed by atoms with Crippen LogP contribution in [0, 0.1) is 0 Å². The third-order valence-electron chi connectivity index (χ3n) is 5.01. The lowest BCUT2D eigenvalue weighted by Gasteiger charge is -2.25. The highest BCUT2D eigenvalue weighted by Gasteiger charge is 2.31. The first-order valence-electron chi connectivity index (χ1n) is 11.3. The Balaban J connectivity index is 5.69. The average Bonchev–Trinajstić information content (AvgIpc) is 2.79. The first kappa shape index (κ1) is 33.0. The third kappa shape index (κ3) is 14.2. The maximum absolute atomic E-state index is 13.0. The van der Waals surface area contributed by atoms with Crippen molar-refractivity contribution in [3.05, 3.63) is 0 Å². The molecule has 5 unspecified atom stereocenters. The van der Waals surface area contributed by atoms with E-state index in [0.29, 0.717) is 0 Å². The van der Waals surface area contributed by atoms with Gasteiger partial charge in [-0.05, 0) is 32.6 Å². The molecule has 210 valence electrons. The van der Waals surface area contributed by atoms with E-state index in [0.717, 1.165) is 0 Å². The van der Waals surface area contributed by atoms with Crippen LogP contribution in [0.2, 0.25) is 0 Å². The van der Waals surface area contributed by atoms with Crippen LogP contribution in [-0.2, 0) is 28.8 Å². The zero-order valence-electron chi connectivity index (χ0n) is 20.5. The predicted octanol–water partition coefficient (Wildman–Crippen LogP) is -5.18. The van der Waals surface area contributed by atoms with E-state index in [1.807, 2.05) is 0 Å². The molecule has 17 heteroatoms. The average molecular weight is 532 g/mol. The van der Waals surface area contributed by atoms with Gasteiger partial charge in [-0.2, -0.15) is 0 Å². The number of nitrogens with one attached hydrogen (secondary N) is 3. The molecule has 0 fully saturated rings. The minimum Gasteiger partial charge on any atom is -0.480 e. The minimum atomic E-state index is -1.51. The fourth-order valence-electron chi connectivity index (χ4n) is 2.90. The number of aliphatic hydroxyl groups is 1. The van der Waals surface area contributed by atoms with E-state index >= 15 is 0 Å². The van der Waals surface area contributed by atoms with Gasteiger partial charge in [-0.1, -0.05) is 0 Å². The number of aliphatic carboxylic acids is 1. The van der Waals surface area contributed by atoms with Gasteiger partial charge in [-0.3, -0.25) is 29.0 Å². The smallest absolute Gasteiger partial charge is 0.326 e. The molecule has 0 aromatic carbocycles. The van der Waals surface area contributed by atoms with Gasteiger partial charge in [0.05, 0.1) is 6.10 Å². The van der Waals surface area contributed by atoms with Crippen molar-refractivity contribution < 1.29 is 39.0 Å². The van der Waals surface area contributed by atoms with E-state index in [4.69, 9.17) is 28.7 Å². The topological polar surface area (TPSA) is 321 Å². The molecule has 0 saturated carbocycles. The van der Waals surface area contributed by atoms with Crippen molar-refractivity contribution >= 4 is 41.5 Å². The van der Waals surface area contributed by atoms with Gasteiger partial charge in [-0.15, -0.1) is 0 Å². The molecule has 0 aliphatic heterocycles. The molecule has 0 bridgehead atoms. The summed E-state index contributed by atoms with van der Waals surface area (Å²) >= 11 is 0. The standard InChI is InChI=1S/C20H37N9O8/c1-9(30)15(23)18(35)28-10(3-2-8-26-20(24)25)16(33)27-11(4-6-13(21)31)17(34)29-12(19(36)37)5-7-14(22)32/h9-12,15,30H,2-8,23H2,1H3,(H2,21,31)(H2,22,32)(H,27,33)(H,28,35)(H,29,34)(H,36,37)(H4,24,25,26). The van der Waals surface area contributed by atoms with Gasteiger partial charge in [0.15, 0.2) is 5.96 Å². The van der Waals surface area contributed by atoms with Crippen molar-refractivity contribution in [2.75, 3.05) is 6.54 Å². The van der Waals surface area contributed by atoms with Gasteiger partial charge in [-0.25, -0.2) is 4.79 Å². The highest BCUT2D eigenvalue weighted by atomic mass is 16.4. The number of carbonyl (C=O) groups is 6. The van der Waals surface area contributed by atoms with Gasteiger partial charge in [0.2, 0.25) is 29.5 Å². The van der Waals surface area contributed by atoms with Gasteiger partial charge in [0.25, 0.3) is 0 Å². The van der Waals surface area contributed by atoms with Crippen LogP contribution < -0.4 is 44.6 Å². The van der Waals surface area contributed by atoms with Crippen LogP contribution in [0.15, 0.2) is 4.99 Å². The Morgan fingerprint density at radius 1 is 0.757 bits per heavy atom. The number of aliphatic imine (C=N–C) groups is 1. The first-order valence-corrected chi connectivity index (χ1v) is 11.3. The highest BCUT2D eigenvalue weighted by Crippen LogP contribution is 2.06. The number of aliphatic hydroxyl groups excluding tert-OH is 1. The summed E-state index contributed by atoms with van der Waals surface area (Å²) < 4.78 is 0. The summed E-state index contributed by atoms with van der Waals surface area (Å²) in [6.45, 7) is 1.38. The molecule has 0 radical (unpaired) electrons. The largest absolute Gasteiger partial charge is 0.480 e. The van der Waals surface area contributed by atoms with E-state index in [9.17, 15) is 39.0 Å². The molecular weight excluding hydrogens is 494 g/mol. The monoisotopic (exact) mass is 531 g/mol. The Labute approximate surface area is 212 Å². The zero-order chi connectivity index (χ0) is 28.7. The molecule has 5 atom stereocenters. The third-order valence-corrected chi connectivity index (χ3v) is 5.01. The molecular formula is C20H37N9O8. The lowest BCUT2D eigenvalue weighted by molar-refractivity contribution is -0.143. The van der Waals surface area contributed by atoms with Crippen LogP contribution in [0.4, 0.5) is 0 Å². The number of hydrogen-bond donors (Lipinski definition) is 10. The van der Waals surface area contributed by atoms with Crippen molar-refractivity contribution in [1.82, 2.24) is 16.0 Å². The van der Waals surface area contributed by atoms with Crippen molar-refractivity contribution in [2.24, 2.45) is 33.7 Å². The summed E-state index contributed by atoms with van der Waals surface area (Å²) in [5.41, 5.74) is 26.3. The lowest BCUT2D eigenvalue weighted by Crippen LogP contribution is -2.58. The molecule has 37 heavy (non-hydrogen) atoms. The van der Waals surface area contributed by atoms with Crippen LogP contribution in [0.5, 0.6) is 0 Å². The Morgan fingerprint density at radius 3 is 1.62 bits per heavy atom. The molecule has 0 aromatic rings. The summed E-state index contributed by atoms with van der Waals surface area (Å²) in [6.07, 6.45) is -2.31. The fraction of sp³-hybridized carbons (Fsp3) is 0.650. The van der Waals surface area contributed by atoms with Crippen molar-refractivity contribution in [2.45, 2.75) is 75.7 Å². The lowest BCUT2D eigenvalue weighted by atomic mass is 10.0. The summed E-state index contributed by atoms with van der Waals surface area (Å²) in [5, 5.41) is 25.8. The Bertz CT molecular complexity index is 861. The second-order valence-corrected chi connectivity index (χ2v) is 8.25. The number of nitrogens with zero attached hydrogens (tertiary/aromatic N) is 1. The van der Waals surface area contributed by atoms with Crippen LogP contribution in [0.25, 0.3) is 0 Å². The number of carbonyl (C=O) groups excluding carboxylic acids is 5. The summed E-state index contributed by atoms with van der Waals surface area (Å²) in [4.78, 5) is 75.6. The summed E-state index contributed by atoms with van der Waals surface area (Å²) in [6, 6.07) is -5.56. The molecule has 0 aliphatic carbocycles. The van der Waals surface area contributed by atoms with Gasteiger partial charge in [0.1, 0.15) is 24.2 Å². The molecule has 0 saturated heterocycles. The first-order chi connectivity index (χ1) is 17.1. The van der Waals surface area contributed by atoms with Crippen LogP contribution >= 0.6 is 0 Å². The quantitative estimate of drug-likeness (QED) is 0.0452. The normalized spacial score (nSPS) is 14.7. The number of guanidine groups is 1. The van der Waals surface area contributed by atoms with Crippen LogP contribution in [0.1, 0.15) is 45.4 Å². The van der Waals surface area contributed by atoms with Crippen molar-refractivity contribution in [1.29, 1.82) is 0 Å². The molecule has 0 rings (SSSR count). The highest BCUT2D eigenvalue weighted by molar-refractivity contribution is 5.94. The SMILES string of the molecule is CC(O)C(N)C(=O)NC(CCCN=C(N)N)C(=O)NC(CCC(N)=O)C(=O)NC(CCC(N)=O)C(=O)O. The fourth-order valence-corrected chi connectivity index (χ4v) is 2.90. The molecule has 0 aliphatic rings. The molecule has 0 heterocycles. The summed E-state index contributed by atoms with van der Waals surface area (Å²) in [5.74, 6) is -5.91. The second-order valence-electron chi connectivity index (χ2n) is 8.25. The van der Waals surface area contributed by atoms with E-state index in [-0.39, 0.29) is 51.0 Å². The molecule has 5 amide bonds. The van der Waals surface area contributed by atoms with Gasteiger partial charge in [0, 0.05) is 19.4 Å². The minimum absolute atomic E-state index is 0.0125. The molecule has 15 N–H and O–H groups in total. The number of nitrogens with two attached hydrogens (primary N) is 5. The van der Waals surface area contributed by atoms with E-state index in [1.54, 1.807) is 0 Å². The van der Waals surface area contributed by atoms with Gasteiger partial charge < -0.3 is 54.8 Å². The van der Waals surface area contributed by atoms with Crippen molar-refractivity contribution in [3.63, 3.8) is 0 Å². The van der Waals surface area contributed by atoms with Crippen LogP contribution in [-0.4, -0.2) is 88.5 Å². The molecule has 0 spiro atoms. The number of hydrogen-bond acceptors (Lipinski definition) is 9.